The molecular weight excluding hydrogens is 338 g/mol. The lowest BCUT2D eigenvalue weighted by Crippen LogP contribution is -2.37. The van der Waals surface area contributed by atoms with E-state index in [0.717, 1.165) is 42.8 Å². The smallest absolute Gasteiger partial charge is 0.274 e. The van der Waals surface area contributed by atoms with Gasteiger partial charge in [0.05, 0.1) is 7.11 Å². The van der Waals surface area contributed by atoms with Crippen molar-refractivity contribution in [3.05, 3.63) is 81.8 Å². The highest BCUT2D eigenvalue weighted by Gasteiger charge is 2.27. The van der Waals surface area contributed by atoms with Crippen molar-refractivity contribution < 1.29 is 4.74 Å². The second-order valence-electron chi connectivity index (χ2n) is 7.18. The van der Waals surface area contributed by atoms with Crippen LogP contribution in [0.4, 0.5) is 0 Å². The van der Waals surface area contributed by atoms with Gasteiger partial charge in [0.25, 0.3) is 5.56 Å². The van der Waals surface area contributed by atoms with Gasteiger partial charge >= 0.3 is 0 Å². The summed E-state index contributed by atoms with van der Waals surface area (Å²) in [6.07, 6.45) is 2.70. The highest BCUT2D eigenvalue weighted by atomic mass is 16.5. The fourth-order valence-electron chi connectivity index (χ4n) is 3.94. The minimum absolute atomic E-state index is 0.0345. The number of hydrogen-bond donors (Lipinski definition) is 1. The third kappa shape index (κ3) is 3.43. The molecule has 0 amide bonds. The van der Waals surface area contributed by atoms with Crippen molar-refractivity contribution in [1.82, 2.24) is 14.7 Å². The summed E-state index contributed by atoms with van der Waals surface area (Å²) in [5.41, 5.74) is 4.04. The quantitative estimate of drug-likeness (QED) is 0.758. The molecule has 3 aromatic rings. The standard InChI is InChI=1S/C22H25N3O2/c1-24(15-16-8-4-3-5-9-16)17-12-13-19-18(14-17)22(26)25(23-19)20-10-6-7-11-21(20)27-2/h3-11,17,23H,12-15H2,1-2H3. The van der Waals surface area contributed by atoms with Gasteiger partial charge in [-0.3, -0.25) is 14.8 Å². The lowest BCUT2D eigenvalue weighted by atomic mass is 9.92. The van der Waals surface area contributed by atoms with E-state index in [1.54, 1.807) is 11.8 Å². The molecule has 1 unspecified atom stereocenters. The van der Waals surface area contributed by atoms with E-state index in [1.807, 2.05) is 30.3 Å². The van der Waals surface area contributed by atoms with Gasteiger partial charge in [0.15, 0.2) is 0 Å². The van der Waals surface area contributed by atoms with Crippen LogP contribution in [-0.2, 0) is 19.4 Å². The lowest BCUT2D eigenvalue weighted by molar-refractivity contribution is 0.213. The Hall–Kier alpha value is -2.79. The average molecular weight is 363 g/mol. The topological polar surface area (TPSA) is 50.3 Å². The zero-order chi connectivity index (χ0) is 18.8. The van der Waals surface area contributed by atoms with Crippen LogP contribution < -0.4 is 10.3 Å². The van der Waals surface area contributed by atoms with Crippen LogP contribution in [0.15, 0.2) is 59.4 Å². The molecule has 0 bridgehead atoms. The van der Waals surface area contributed by atoms with Crippen molar-refractivity contribution >= 4 is 0 Å². The minimum atomic E-state index is 0.0345. The first-order chi connectivity index (χ1) is 13.2. The van der Waals surface area contributed by atoms with Crippen LogP contribution in [0.5, 0.6) is 5.75 Å². The zero-order valence-electron chi connectivity index (χ0n) is 15.8. The van der Waals surface area contributed by atoms with Gasteiger partial charge in [0.2, 0.25) is 0 Å². The number of methoxy groups -OCH3 is 1. The fourth-order valence-corrected chi connectivity index (χ4v) is 3.94. The van der Waals surface area contributed by atoms with Gasteiger partial charge < -0.3 is 4.74 Å². The van der Waals surface area contributed by atoms with E-state index in [2.05, 4.69) is 41.3 Å². The molecule has 0 saturated carbocycles. The summed E-state index contributed by atoms with van der Waals surface area (Å²) in [7, 11) is 3.77. The van der Waals surface area contributed by atoms with Gasteiger partial charge in [-0.15, -0.1) is 0 Å². The first kappa shape index (κ1) is 17.6. The zero-order valence-corrected chi connectivity index (χ0v) is 15.8. The van der Waals surface area contributed by atoms with E-state index in [-0.39, 0.29) is 5.56 Å². The predicted molar refractivity (Wildman–Crippen MR) is 107 cm³/mol. The molecule has 1 aromatic heterocycles. The number of H-pyrrole nitrogens is 1. The van der Waals surface area contributed by atoms with Crippen LogP contribution >= 0.6 is 0 Å². The Morgan fingerprint density at radius 3 is 2.67 bits per heavy atom. The van der Waals surface area contributed by atoms with E-state index in [9.17, 15) is 4.79 Å². The molecule has 0 radical (unpaired) electrons. The largest absolute Gasteiger partial charge is 0.494 e. The molecule has 5 heteroatoms. The molecule has 0 aliphatic heterocycles. The third-order valence-corrected chi connectivity index (χ3v) is 5.46. The number of aryl methyl sites for hydroxylation is 1. The molecule has 0 fully saturated rings. The minimum Gasteiger partial charge on any atom is -0.494 e. The molecule has 1 heterocycles. The van der Waals surface area contributed by atoms with E-state index in [0.29, 0.717) is 11.8 Å². The first-order valence-corrected chi connectivity index (χ1v) is 9.37. The summed E-state index contributed by atoms with van der Waals surface area (Å²) < 4.78 is 7.05. The predicted octanol–water partition coefficient (Wildman–Crippen LogP) is 3.16. The lowest BCUT2D eigenvalue weighted by Gasteiger charge is -2.30. The Bertz CT molecular complexity index is 975. The van der Waals surface area contributed by atoms with Crippen LogP contribution in [0.3, 0.4) is 0 Å². The monoisotopic (exact) mass is 363 g/mol. The number of hydrogen-bond acceptors (Lipinski definition) is 3. The molecule has 1 aliphatic rings. The van der Waals surface area contributed by atoms with Crippen molar-refractivity contribution in [2.24, 2.45) is 0 Å². The number of aromatic amines is 1. The maximum Gasteiger partial charge on any atom is 0.274 e. The van der Waals surface area contributed by atoms with E-state index >= 15 is 0 Å². The Morgan fingerprint density at radius 2 is 1.89 bits per heavy atom. The molecule has 1 N–H and O–H groups in total. The summed E-state index contributed by atoms with van der Waals surface area (Å²) in [4.78, 5) is 15.4. The van der Waals surface area contributed by atoms with Gasteiger partial charge in [0.1, 0.15) is 11.4 Å². The molecule has 0 spiro atoms. The number of benzene rings is 2. The summed E-state index contributed by atoms with van der Waals surface area (Å²) in [5, 5.41) is 3.31. The second kappa shape index (κ2) is 7.45. The van der Waals surface area contributed by atoms with Gasteiger partial charge in [0, 0.05) is 23.8 Å². The van der Waals surface area contributed by atoms with Gasteiger partial charge in [-0.2, -0.15) is 0 Å². The number of ether oxygens (including phenoxy) is 1. The van der Waals surface area contributed by atoms with E-state index in [1.165, 1.54) is 5.56 Å². The number of fused-ring (bicyclic) bond motifs is 1. The van der Waals surface area contributed by atoms with Crippen molar-refractivity contribution in [1.29, 1.82) is 0 Å². The number of likely N-dealkylation sites (N-methyl/N-ethyl adjacent to an activating group) is 1. The van der Waals surface area contributed by atoms with Crippen molar-refractivity contribution in [2.75, 3.05) is 14.2 Å². The summed E-state index contributed by atoms with van der Waals surface area (Å²) in [5.74, 6) is 0.691. The summed E-state index contributed by atoms with van der Waals surface area (Å²) in [6, 6.07) is 18.4. The van der Waals surface area contributed by atoms with E-state index < -0.39 is 0 Å². The Labute approximate surface area is 159 Å². The number of nitrogens with one attached hydrogen (secondary N) is 1. The SMILES string of the molecule is COc1ccccc1-n1[nH]c2c(c1=O)CC(N(C)Cc1ccccc1)CC2. The normalized spacial score (nSPS) is 16.3. The molecular formula is C22H25N3O2. The summed E-state index contributed by atoms with van der Waals surface area (Å²) in [6.45, 7) is 0.895. The fraction of sp³-hybridized carbons (Fsp3) is 0.318. The Balaban J connectivity index is 1.58. The second-order valence-corrected chi connectivity index (χ2v) is 7.18. The molecule has 1 aliphatic carbocycles. The molecule has 5 nitrogen and oxygen atoms in total. The van der Waals surface area contributed by atoms with Crippen LogP contribution in [0, 0.1) is 0 Å². The summed E-state index contributed by atoms with van der Waals surface area (Å²) >= 11 is 0. The number of rotatable bonds is 5. The van der Waals surface area contributed by atoms with E-state index in [4.69, 9.17) is 4.74 Å². The van der Waals surface area contributed by atoms with Crippen molar-refractivity contribution in [3.8, 4) is 11.4 Å². The average Bonchev–Trinajstić information content (AvgIpc) is 3.04. The highest BCUT2D eigenvalue weighted by Crippen LogP contribution is 2.25. The van der Waals surface area contributed by atoms with Crippen LogP contribution in [0.1, 0.15) is 23.2 Å². The van der Waals surface area contributed by atoms with Gasteiger partial charge in [-0.05, 0) is 44.0 Å². The molecule has 140 valence electrons. The third-order valence-electron chi connectivity index (χ3n) is 5.46. The molecule has 4 rings (SSSR count). The Morgan fingerprint density at radius 1 is 1.15 bits per heavy atom. The first-order valence-electron chi connectivity index (χ1n) is 9.37. The van der Waals surface area contributed by atoms with Crippen LogP contribution in [0.2, 0.25) is 0 Å². The molecule has 2 aromatic carbocycles. The maximum absolute atomic E-state index is 13.1. The number of aromatic nitrogens is 2. The number of nitrogens with zero attached hydrogens (tertiary/aromatic N) is 2. The Kier molecular flexibility index (Phi) is 4.86. The van der Waals surface area contributed by atoms with Gasteiger partial charge in [-0.1, -0.05) is 42.5 Å². The maximum atomic E-state index is 13.1. The molecule has 0 saturated heterocycles. The number of para-hydroxylation sites is 2. The van der Waals surface area contributed by atoms with Crippen LogP contribution in [0.25, 0.3) is 5.69 Å². The van der Waals surface area contributed by atoms with Crippen molar-refractivity contribution in [3.63, 3.8) is 0 Å². The van der Waals surface area contributed by atoms with Gasteiger partial charge in [-0.25, -0.2) is 4.68 Å². The molecule has 1 atom stereocenters. The van der Waals surface area contributed by atoms with Crippen LogP contribution in [-0.4, -0.2) is 34.9 Å². The van der Waals surface area contributed by atoms with Crippen molar-refractivity contribution in [2.45, 2.75) is 31.8 Å². The highest BCUT2D eigenvalue weighted by molar-refractivity contribution is 5.46. The molecule has 27 heavy (non-hydrogen) atoms.